The lowest BCUT2D eigenvalue weighted by molar-refractivity contribution is -0.120. The minimum atomic E-state index is -0.492. The predicted molar refractivity (Wildman–Crippen MR) is 99.8 cm³/mol. The number of primary amides is 1. The fourth-order valence-corrected chi connectivity index (χ4v) is 3.40. The number of hydrogen-bond acceptors (Lipinski definition) is 3. The van der Waals surface area contributed by atoms with Crippen molar-refractivity contribution in [3.05, 3.63) is 65.2 Å². The minimum Gasteiger partial charge on any atom is -0.490 e. The molecular formula is C21H22F2N2O3. The molecule has 0 unspecified atom stereocenters. The summed E-state index contributed by atoms with van der Waals surface area (Å²) in [6, 6.07) is 10.00. The number of aryl methyl sites for hydroxylation is 1. The highest BCUT2D eigenvalue weighted by molar-refractivity contribution is 5.94. The number of ether oxygens (including phenoxy) is 1. The van der Waals surface area contributed by atoms with E-state index >= 15 is 0 Å². The zero-order valence-electron chi connectivity index (χ0n) is 15.5. The number of halogens is 2. The van der Waals surface area contributed by atoms with Gasteiger partial charge in [0.1, 0.15) is 23.5 Å². The first-order valence-electron chi connectivity index (χ1n) is 9.09. The topological polar surface area (TPSA) is 72.6 Å². The lowest BCUT2D eigenvalue weighted by Gasteiger charge is -2.38. The molecule has 3 rings (SSSR count). The summed E-state index contributed by atoms with van der Waals surface area (Å²) >= 11 is 0. The third-order valence-corrected chi connectivity index (χ3v) is 4.93. The largest absolute Gasteiger partial charge is 0.490 e. The molecule has 5 nitrogen and oxygen atoms in total. The second-order valence-electron chi connectivity index (χ2n) is 7.04. The van der Waals surface area contributed by atoms with Crippen molar-refractivity contribution in [2.45, 2.75) is 25.9 Å². The van der Waals surface area contributed by atoms with Crippen molar-refractivity contribution in [2.24, 2.45) is 11.7 Å². The number of amides is 2. The molecule has 28 heavy (non-hydrogen) atoms. The van der Waals surface area contributed by atoms with Crippen LogP contribution in [0.3, 0.4) is 0 Å². The number of hydrogen-bond donors (Lipinski definition) is 1. The standard InChI is InChI=1S/C21H22F2N2O3/c1-13-2-3-14(10-18(13)23)21(27)25-9-8-19(15(12-25)11-20(24)26)28-17-6-4-16(22)5-7-17/h2-7,10,15,19H,8-9,11-12H2,1H3,(H2,24,26)/t15-,19-/m0/s1. The van der Waals surface area contributed by atoms with E-state index in [9.17, 15) is 18.4 Å². The molecule has 1 aliphatic heterocycles. The summed E-state index contributed by atoms with van der Waals surface area (Å²) in [4.78, 5) is 25.8. The van der Waals surface area contributed by atoms with Crippen LogP contribution in [0.15, 0.2) is 42.5 Å². The maximum Gasteiger partial charge on any atom is 0.253 e. The number of nitrogens with two attached hydrogens (primary N) is 1. The molecule has 2 N–H and O–H groups in total. The zero-order chi connectivity index (χ0) is 20.3. The smallest absolute Gasteiger partial charge is 0.253 e. The van der Waals surface area contributed by atoms with Gasteiger partial charge in [-0.25, -0.2) is 8.78 Å². The molecule has 0 aliphatic carbocycles. The molecule has 1 heterocycles. The molecule has 2 aromatic carbocycles. The van der Waals surface area contributed by atoms with E-state index in [1.54, 1.807) is 24.0 Å². The van der Waals surface area contributed by atoms with Crippen molar-refractivity contribution in [3.63, 3.8) is 0 Å². The molecule has 0 saturated carbocycles. The highest BCUT2D eigenvalue weighted by atomic mass is 19.1. The maximum absolute atomic E-state index is 13.8. The molecule has 0 spiro atoms. The van der Waals surface area contributed by atoms with Crippen LogP contribution in [0.4, 0.5) is 8.78 Å². The summed E-state index contributed by atoms with van der Waals surface area (Å²) in [6.45, 7) is 2.29. The van der Waals surface area contributed by atoms with Crippen LogP contribution < -0.4 is 10.5 Å². The quantitative estimate of drug-likeness (QED) is 0.856. The van der Waals surface area contributed by atoms with Gasteiger partial charge >= 0.3 is 0 Å². The molecule has 7 heteroatoms. The molecule has 2 aromatic rings. The predicted octanol–water partition coefficient (Wildman–Crippen LogP) is 3.06. The number of nitrogens with zero attached hydrogens (tertiary/aromatic N) is 1. The van der Waals surface area contributed by atoms with E-state index in [0.29, 0.717) is 24.3 Å². The summed E-state index contributed by atoms with van der Waals surface area (Å²) in [6.07, 6.45) is 0.199. The Morgan fingerprint density at radius 3 is 2.54 bits per heavy atom. The molecule has 0 radical (unpaired) electrons. The van der Waals surface area contributed by atoms with Crippen molar-refractivity contribution >= 4 is 11.8 Å². The molecule has 2 atom stereocenters. The number of rotatable bonds is 5. The molecule has 1 aliphatic rings. The summed E-state index contributed by atoms with van der Waals surface area (Å²) < 4.78 is 32.8. The zero-order valence-corrected chi connectivity index (χ0v) is 15.5. The van der Waals surface area contributed by atoms with E-state index in [1.807, 2.05) is 0 Å². The molecule has 148 valence electrons. The van der Waals surface area contributed by atoms with Crippen molar-refractivity contribution in [1.29, 1.82) is 0 Å². The van der Waals surface area contributed by atoms with E-state index in [2.05, 4.69) is 0 Å². The fourth-order valence-electron chi connectivity index (χ4n) is 3.40. The first-order chi connectivity index (χ1) is 13.3. The van der Waals surface area contributed by atoms with E-state index in [1.165, 1.54) is 30.3 Å². The van der Waals surface area contributed by atoms with Crippen molar-refractivity contribution in [1.82, 2.24) is 4.90 Å². The minimum absolute atomic E-state index is 0.0535. The second-order valence-corrected chi connectivity index (χ2v) is 7.04. The van der Waals surface area contributed by atoms with E-state index in [4.69, 9.17) is 10.5 Å². The van der Waals surface area contributed by atoms with E-state index in [0.717, 1.165) is 0 Å². The monoisotopic (exact) mass is 388 g/mol. The fraction of sp³-hybridized carbons (Fsp3) is 0.333. The normalized spacial score (nSPS) is 19.3. The average molecular weight is 388 g/mol. The Balaban J connectivity index is 1.73. The van der Waals surface area contributed by atoms with Gasteiger partial charge in [0.2, 0.25) is 5.91 Å². The maximum atomic E-state index is 13.8. The van der Waals surface area contributed by atoms with Crippen molar-refractivity contribution in [2.75, 3.05) is 13.1 Å². The Labute approximate surface area is 162 Å². The molecular weight excluding hydrogens is 366 g/mol. The van der Waals surface area contributed by atoms with Crippen LogP contribution in [0.5, 0.6) is 5.75 Å². The summed E-state index contributed by atoms with van der Waals surface area (Å²) in [5.41, 5.74) is 6.10. The number of likely N-dealkylation sites (tertiary alicyclic amines) is 1. The first-order valence-corrected chi connectivity index (χ1v) is 9.09. The summed E-state index contributed by atoms with van der Waals surface area (Å²) in [5, 5.41) is 0. The van der Waals surface area contributed by atoms with Crippen LogP contribution in [0.1, 0.15) is 28.8 Å². The number of carbonyl (C=O) groups excluding carboxylic acids is 2. The third kappa shape index (κ3) is 4.65. The van der Waals surface area contributed by atoms with Gasteiger partial charge in [0.05, 0.1) is 0 Å². The number of carbonyl (C=O) groups is 2. The highest BCUT2D eigenvalue weighted by Crippen LogP contribution is 2.27. The lowest BCUT2D eigenvalue weighted by atomic mass is 9.90. The highest BCUT2D eigenvalue weighted by Gasteiger charge is 2.34. The van der Waals surface area contributed by atoms with Crippen molar-refractivity contribution in [3.8, 4) is 5.75 Å². The first kappa shape index (κ1) is 19.8. The van der Waals surface area contributed by atoms with Gasteiger partial charge in [-0.15, -0.1) is 0 Å². The van der Waals surface area contributed by atoms with Gasteiger partial charge in [-0.2, -0.15) is 0 Å². The van der Waals surface area contributed by atoms with Gasteiger partial charge in [-0.3, -0.25) is 9.59 Å². The van der Waals surface area contributed by atoms with Crippen LogP contribution >= 0.6 is 0 Å². The third-order valence-electron chi connectivity index (χ3n) is 4.93. The van der Waals surface area contributed by atoms with Gasteiger partial charge in [-0.1, -0.05) is 6.07 Å². The Morgan fingerprint density at radius 1 is 1.18 bits per heavy atom. The van der Waals surface area contributed by atoms with Gasteiger partial charge in [0.15, 0.2) is 0 Å². The van der Waals surface area contributed by atoms with Crippen LogP contribution in [-0.2, 0) is 4.79 Å². The van der Waals surface area contributed by atoms with Crippen LogP contribution in [0, 0.1) is 24.5 Å². The van der Waals surface area contributed by atoms with Crippen LogP contribution in [0.25, 0.3) is 0 Å². The molecule has 0 bridgehead atoms. The Morgan fingerprint density at radius 2 is 1.89 bits per heavy atom. The number of benzene rings is 2. The number of piperidine rings is 1. The van der Waals surface area contributed by atoms with Gasteiger partial charge in [0.25, 0.3) is 5.91 Å². The van der Waals surface area contributed by atoms with Crippen LogP contribution in [-0.4, -0.2) is 35.9 Å². The molecule has 0 aromatic heterocycles. The molecule has 1 fully saturated rings. The average Bonchev–Trinajstić information content (AvgIpc) is 2.66. The van der Waals surface area contributed by atoms with E-state index < -0.39 is 11.7 Å². The van der Waals surface area contributed by atoms with Gasteiger partial charge < -0.3 is 15.4 Å². The summed E-state index contributed by atoms with van der Waals surface area (Å²) in [7, 11) is 0. The molecule has 1 saturated heterocycles. The van der Waals surface area contributed by atoms with Crippen molar-refractivity contribution < 1.29 is 23.1 Å². The van der Waals surface area contributed by atoms with E-state index in [-0.39, 0.29) is 42.3 Å². The lowest BCUT2D eigenvalue weighted by Crippen LogP contribution is -2.49. The van der Waals surface area contributed by atoms with Gasteiger partial charge in [0, 0.05) is 37.4 Å². The molecule has 2 amide bonds. The van der Waals surface area contributed by atoms with Crippen LogP contribution in [0.2, 0.25) is 0 Å². The SMILES string of the molecule is Cc1ccc(C(=O)N2CC[C@H](Oc3ccc(F)cc3)[C@@H](CC(N)=O)C2)cc1F. The Kier molecular flexibility index (Phi) is 5.92. The summed E-state index contributed by atoms with van der Waals surface area (Å²) in [5.74, 6) is -1.42. The Hall–Kier alpha value is -2.96. The second kappa shape index (κ2) is 8.37. The van der Waals surface area contributed by atoms with Gasteiger partial charge in [-0.05, 0) is 48.9 Å². The Bertz CT molecular complexity index is 870.